The van der Waals surface area contributed by atoms with Crippen molar-refractivity contribution in [3.05, 3.63) is 0 Å². The lowest BCUT2D eigenvalue weighted by molar-refractivity contribution is -0.149. The molecule has 0 aromatic heterocycles. The molecule has 1 heterocycles. The van der Waals surface area contributed by atoms with Crippen LogP contribution in [0.5, 0.6) is 0 Å². The molecule has 0 bridgehead atoms. The van der Waals surface area contributed by atoms with E-state index < -0.39 is 12.7 Å². The lowest BCUT2D eigenvalue weighted by Crippen LogP contribution is -2.49. The maximum Gasteiger partial charge on any atom is 0.401 e. The van der Waals surface area contributed by atoms with Gasteiger partial charge in [0, 0.05) is 32.6 Å². The molecule has 1 saturated heterocycles. The van der Waals surface area contributed by atoms with Crippen LogP contribution in [-0.4, -0.2) is 61.2 Å². The zero-order valence-electron chi connectivity index (χ0n) is 11.6. The topological polar surface area (TPSA) is 61.6 Å². The molecule has 5 nitrogen and oxygen atoms in total. The molecule has 8 heteroatoms. The molecule has 1 amide bonds. The molecule has 1 fully saturated rings. The second kappa shape index (κ2) is 8.43. The maximum absolute atomic E-state index is 12.2. The molecule has 0 spiro atoms. The van der Waals surface area contributed by atoms with Gasteiger partial charge in [-0.3, -0.25) is 15.1 Å². The van der Waals surface area contributed by atoms with Gasteiger partial charge < -0.3 is 4.90 Å². The lowest BCUT2D eigenvalue weighted by Gasteiger charge is -2.34. The summed E-state index contributed by atoms with van der Waals surface area (Å²) in [6.07, 6.45) is -1.01. The van der Waals surface area contributed by atoms with Gasteiger partial charge >= 0.3 is 6.18 Å². The van der Waals surface area contributed by atoms with Gasteiger partial charge in [0.1, 0.15) is 0 Å². The molecular weight excluding hydrogens is 273 g/mol. The molecular formula is C12H23F3N4O. The van der Waals surface area contributed by atoms with Crippen molar-refractivity contribution in [3.8, 4) is 0 Å². The van der Waals surface area contributed by atoms with Gasteiger partial charge in [0.05, 0.1) is 6.54 Å². The highest BCUT2D eigenvalue weighted by molar-refractivity contribution is 5.74. The lowest BCUT2D eigenvalue weighted by atomic mass is 10.1. The molecule has 0 radical (unpaired) electrons. The summed E-state index contributed by atoms with van der Waals surface area (Å²) in [6.45, 7) is 2.36. The minimum atomic E-state index is -4.11. The molecule has 118 valence electrons. The molecule has 0 unspecified atom stereocenters. The van der Waals surface area contributed by atoms with Crippen LogP contribution >= 0.6 is 0 Å². The normalized spacial score (nSPS) is 18.2. The summed E-state index contributed by atoms with van der Waals surface area (Å²) >= 11 is 0. The summed E-state index contributed by atoms with van der Waals surface area (Å²) in [5.41, 5.74) is 2.08. The van der Waals surface area contributed by atoms with Crippen molar-refractivity contribution in [1.82, 2.24) is 15.2 Å². The number of carbonyl (C=O) groups is 1. The number of piperazine rings is 1. The van der Waals surface area contributed by atoms with Crippen molar-refractivity contribution < 1.29 is 18.0 Å². The molecule has 0 aromatic carbocycles. The van der Waals surface area contributed by atoms with Crippen LogP contribution in [-0.2, 0) is 4.79 Å². The van der Waals surface area contributed by atoms with E-state index in [2.05, 4.69) is 10.3 Å². The van der Waals surface area contributed by atoms with Gasteiger partial charge in [-0.2, -0.15) is 13.2 Å². The highest BCUT2D eigenvalue weighted by Crippen LogP contribution is 2.17. The Morgan fingerprint density at radius 1 is 1.05 bits per heavy atom. The van der Waals surface area contributed by atoms with E-state index in [1.165, 1.54) is 4.90 Å². The van der Waals surface area contributed by atoms with Crippen LogP contribution in [0, 0.1) is 0 Å². The Morgan fingerprint density at radius 2 is 1.65 bits per heavy atom. The molecule has 3 N–H and O–H groups in total. The first-order chi connectivity index (χ1) is 9.40. The number of hydrazine groups is 1. The largest absolute Gasteiger partial charge is 0.401 e. The zero-order valence-corrected chi connectivity index (χ0v) is 11.6. The molecule has 0 aromatic rings. The van der Waals surface area contributed by atoms with Crippen molar-refractivity contribution in [2.45, 2.75) is 31.9 Å². The van der Waals surface area contributed by atoms with Gasteiger partial charge in [0.2, 0.25) is 5.91 Å². The minimum absolute atomic E-state index is 0.161. The number of alkyl halides is 3. The van der Waals surface area contributed by atoms with Crippen LogP contribution in [0.15, 0.2) is 0 Å². The van der Waals surface area contributed by atoms with E-state index in [0.29, 0.717) is 32.6 Å². The summed E-state index contributed by atoms with van der Waals surface area (Å²) in [7, 11) is 0. The first-order valence-electron chi connectivity index (χ1n) is 6.91. The number of rotatable bonds is 7. The third-order valence-electron chi connectivity index (χ3n) is 3.41. The Morgan fingerprint density at radius 3 is 2.20 bits per heavy atom. The standard InChI is InChI=1S/C12H23F3N4O/c13-12(14,15)10-19-8-6-18(7-9-19)5-3-1-2-4-11(20)17-16/h1-10,16H2,(H,17,20). The average Bonchev–Trinajstić information content (AvgIpc) is 2.38. The Kier molecular flexibility index (Phi) is 7.25. The number of hydrogen-bond acceptors (Lipinski definition) is 4. The third-order valence-corrected chi connectivity index (χ3v) is 3.41. The molecule has 20 heavy (non-hydrogen) atoms. The summed E-state index contributed by atoms with van der Waals surface area (Å²) in [6, 6.07) is 0. The van der Waals surface area contributed by atoms with Gasteiger partial charge in [0.15, 0.2) is 0 Å². The second-order valence-electron chi connectivity index (χ2n) is 5.11. The number of unbranched alkanes of at least 4 members (excludes halogenated alkanes) is 2. The monoisotopic (exact) mass is 296 g/mol. The highest BCUT2D eigenvalue weighted by atomic mass is 19.4. The number of hydrogen-bond donors (Lipinski definition) is 2. The van der Waals surface area contributed by atoms with Gasteiger partial charge in [-0.1, -0.05) is 6.42 Å². The summed E-state index contributed by atoms with van der Waals surface area (Å²) < 4.78 is 36.7. The van der Waals surface area contributed by atoms with Crippen molar-refractivity contribution in [3.63, 3.8) is 0 Å². The van der Waals surface area contributed by atoms with Crippen molar-refractivity contribution in [2.24, 2.45) is 5.84 Å². The second-order valence-corrected chi connectivity index (χ2v) is 5.11. The Bertz CT molecular complexity index is 291. The van der Waals surface area contributed by atoms with Crippen LogP contribution in [0.3, 0.4) is 0 Å². The Labute approximate surface area is 117 Å². The van der Waals surface area contributed by atoms with E-state index in [-0.39, 0.29) is 5.91 Å². The fourth-order valence-electron chi connectivity index (χ4n) is 2.29. The van der Waals surface area contributed by atoms with Gasteiger partial charge in [0.25, 0.3) is 0 Å². The van der Waals surface area contributed by atoms with Crippen LogP contribution in [0.4, 0.5) is 13.2 Å². The van der Waals surface area contributed by atoms with Crippen LogP contribution in [0.25, 0.3) is 0 Å². The molecule has 0 atom stereocenters. The first-order valence-corrected chi connectivity index (χ1v) is 6.91. The fraction of sp³-hybridized carbons (Fsp3) is 0.917. The van der Waals surface area contributed by atoms with Gasteiger partial charge in [-0.05, 0) is 19.4 Å². The summed E-state index contributed by atoms with van der Waals surface area (Å²) in [4.78, 5) is 14.5. The fourth-order valence-corrected chi connectivity index (χ4v) is 2.29. The predicted molar refractivity (Wildman–Crippen MR) is 69.7 cm³/mol. The van der Waals surface area contributed by atoms with E-state index in [4.69, 9.17) is 5.84 Å². The Balaban J connectivity index is 2.04. The number of amides is 1. The van der Waals surface area contributed by atoms with E-state index in [1.807, 2.05) is 0 Å². The van der Waals surface area contributed by atoms with E-state index in [1.54, 1.807) is 0 Å². The predicted octanol–water partition coefficient (Wildman–Crippen LogP) is 0.717. The van der Waals surface area contributed by atoms with Gasteiger partial charge in [-0.25, -0.2) is 5.84 Å². The van der Waals surface area contributed by atoms with E-state index >= 15 is 0 Å². The molecule has 0 saturated carbocycles. The molecule has 1 aliphatic rings. The van der Waals surface area contributed by atoms with Crippen molar-refractivity contribution in [2.75, 3.05) is 39.3 Å². The maximum atomic E-state index is 12.2. The Hall–Kier alpha value is -0.860. The average molecular weight is 296 g/mol. The van der Waals surface area contributed by atoms with Crippen LogP contribution in [0.1, 0.15) is 25.7 Å². The number of carbonyl (C=O) groups excluding carboxylic acids is 1. The van der Waals surface area contributed by atoms with Crippen molar-refractivity contribution >= 4 is 5.91 Å². The minimum Gasteiger partial charge on any atom is -0.301 e. The quantitative estimate of drug-likeness (QED) is 0.314. The SMILES string of the molecule is NNC(=O)CCCCCN1CCN(CC(F)(F)F)CC1. The summed E-state index contributed by atoms with van der Waals surface area (Å²) in [5.74, 6) is 4.81. The smallest absolute Gasteiger partial charge is 0.301 e. The number of nitrogens with one attached hydrogen (secondary N) is 1. The van der Waals surface area contributed by atoms with Crippen molar-refractivity contribution in [1.29, 1.82) is 0 Å². The molecule has 0 aliphatic carbocycles. The number of nitrogens with zero attached hydrogens (tertiary/aromatic N) is 2. The zero-order chi connectivity index (χ0) is 15.0. The summed E-state index contributed by atoms with van der Waals surface area (Å²) in [5, 5.41) is 0. The first kappa shape index (κ1) is 17.2. The van der Waals surface area contributed by atoms with Crippen LogP contribution in [0.2, 0.25) is 0 Å². The molecule has 1 rings (SSSR count). The third kappa shape index (κ3) is 7.66. The number of nitrogens with two attached hydrogens (primary N) is 1. The molecule has 1 aliphatic heterocycles. The van der Waals surface area contributed by atoms with Gasteiger partial charge in [-0.15, -0.1) is 0 Å². The number of halogens is 3. The van der Waals surface area contributed by atoms with E-state index in [0.717, 1.165) is 25.8 Å². The van der Waals surface area contributed by atoms with Crippen LogP contribution < -0.4 is 11.3 Å². The van der Waals surface area contributed by atoms with E-state index in [9.17, 15) is 18.0 Å². The highest BCUT2D eigenvalue weighted by Gasteiger charge is 2.31.